The maximum Gasteiger partial charge on any atom is 0.238 e. The average Bonchev–Trinajstić information content (AvgIpc) is 3.18. The molecule has 7 heteroatoms. The van der Waals surface area contributed by atoms with Gasteiger partial charge in [0.25, 0.3) is 0 Å². The van der Waals surface area contributed by atoms with E-state index in [-0.39, 0.29) is 11.9 Å². The molecule has 6 nitrogen and oxygen atoms in total. The summed E-state index contributed by atoms with van der Waals surface area (Å²) in [5, 5.41) is 4.11. The number of nitrogens with one attached hydrogen (secondary N) is 1. The molecule has 5 rings (SSSR count). The van der Waals surface area contributed by atoms with E-state index in [1.54, 1.807) is 11.3 Å². The number of benzene rings is 2. The van der Waals surface area contributed by atoms with Gasteiger partial charge in [-0.2, -0.15) is 0 Å². The van der Waals surface area contributed by atoms with E-state index in [4.69, 9.17) is 14.5 Å². The van der Waals surface area contributed by atoms with Gasteiger partial charge in [-0.3, -0.25) is 9.69 Å². The summed E-state index contributed by atoms with van der Waals surface area (Å²) in [6.07, 6.45) is 3.32. The molecule has 150 valence electrons. The van der Waals surface area contributed by atoms with Gasteiger partial charge in [0, 0.05) is 11.8 Å². The van der Waals surface area contributed by atoms with E-state index >= 15 is 0 Å². The van der Waals surface area contributed by atoms with Gasteiger partial charge < -0.3 is 14.8 Å². The van der Waals surface area contributed by atoms with Crippen LogP contribution in [0.2, 0.25) is 0 Å². The Labute approximate surface area is 173 Å². The number of hydrogen-bond acceptors (Lipinski definition) is 6. The number of carbonyl (C=O) groups is 1. The minimum atomic E-state index is -0.0188. The molecule has 1 fully saturated rings. The lowest BCUT2D eigenvalue weighted by Gasteiger charge is -2.33. The number of piperidine rings is 1. The summed E-state index contributed by atoms with van der Waals surface area (Å²) in [6, 6.07) is 14.0. The van der Waals surface area contributed by atoms with Crippen molar-refractivity contribution in [3.05, 3.63) is 47.5 Å². The monoisotopic (exact) mass is 409 g/mol. The highest BCUT2D eigenvalue weighted by atomic mass is 32.1. The number of thiazole rings is 1. The smallest absolute Gasteiger partial charge is 0.238 e. The zero-order chi connectivity index (χ0) is 19.6. The van der Waals surface area contributed by atoms with Crippen molar-refractivity contribution in [1.29, 1.82) is 0 Å². The van der Waals surface area contributed by atoms with Crippen LogP contribution in [0, 0.1) is 0 Å². The Bertz CT molecular complexity index is 1000. The van der Waals surface area contributed by atoms with Crippen molar-refractivity contribution in [2.45, 2.75) is 25.3 Å². The molecule has 0 bridgehead atoms. The highest BCUT2D eigenvalue weighted by Crippen LogP contribution is 2.36. The Morgan fingerprint density at radius 1 is 1.14 bits per heavy atom. The lowest BCUT2D eigenvalue weighted by Crippen LogP contribution is -2.39. The number of para-hydroxylation sites is 1. The lowest BCUT2D eigenvalue weighted by atomic mass is 10.0. The summed E-state index contributed by atoms with van der Waals surface area (Å²) < 4.78 is 12.3. The zero-order valence-electron chi connectivity index (χ0n) is 16.1. The predicted octanol–water partition coefficient (Wildman–Crippen LogP) is 4.23. The van der Waals surface area contributed by atoms with Crippen LogP contribution in [0.15, 0.2) is 42.5 Å². The van der Waals surface area contributed by atoms with Gasteiger partial charge in [-0.25, -0.2) is 4.98 Å². The fraction of sp³-hybridized carbons (Fsp3) is 0.364. The molecule has 1 amide bonds. The topological polar surface area (TPSA) is 63.7 Å². The van der Waals surface area contributed by atoms with Crippen molar-refractivity contribution in [1.82, 2.24) is 9.88 Å². The largest absolute Gasteiger partial charge is 0.486 e. The third-order valence-electron chi connectivity index (χ3n) is 5.38. The summed E-state index contributed by atoms with van der Waals surface area (Å²) in [4.78, 5) is 19.9. The number of anilines is 1. The number of aromatic nitrogens is 1. The second-order valence-corrected chi connectivity index (χ2v) is 8.47. The molecule has 1 aromatic heterocycles. The molecule has 0 spiro atoms. The maximum absolute atomic E-state index is 12.8. The highest BCUT2D eigenvalue weighted by Gasteiger charge is 2.28. The van der Waals surface area contributed by atoms with Crippen LogP contribution in [0.3, 0.4) is 0 Å². The van der Waals surface area contributed by atoms with E-state index in [1.807, 2.05) is 30.3 Å². The van der Waals surface area contributed by atoms with Gasteiger partial charge in [-0.1, -0.05) is 18.6 Å². The number of hydrogen-bond donors (Lipinski definition) is 1. The lowest BCUT2D eigenvalue weighted by molar-refractivity contribution is -0.118. The summed E-state index contributed by atoms with van der Waals surface area (Å²) >= 11 is 1.74. The molecule has 29 heavy (non-hydrogen) atoms. The van der Waals surface area contributed by atoms with Crippen molar-refractivity contribution < 1.29 is 14.3 Å². The van der Waals surface area contributed by atoms with Crippen LogP contribution in [0.25, 0.3) is 10.2 Å². The number of likely N-dealkylation sites (tertiary alicyclic amines) is 1. The molecule has 1 saturated heterocycles. The number of amides is 1. The summed E-state index contributed by atoms with van der Waals surface area (Å²) in [6.45, 7) is 2.35. The number of ether oxygens (including phenoxy) is 2. The molecule has 1 N–H and O–H groups in total. The molecular weight excluding hydrogens is 386 g/mol. The Morgan fingerprint density at radius 3 is 2.90 bits per heavy atom. The second kappa shape index (κ2) is 8.00. The van der Waals surface area contributed by atoms with Crippen LogP contribution in [-0.2, 0) is 4.79 Å². The Morgan fingerprint density at radius 2 is 2.00 bits per heavy atom. The molecule has 2 aliphatic rings. The molecule has 0 aliphatic carbocycles. The van der Waals surface area contributed by atoms with Gasteiger partial charge in [0.1, 0.15) is 18.2 Å². The first-order valence-corrected chi connectivity index (χ1v) is 10.9. The predicted molar refractivity (Wildman–Crippen MR) is 114 cm³/mol. The van der Waals surface area contributed by atoms with Crippen LogP contribution in [0.5, 0.6) is 11.5 Å². The van der Waals surface area contributed by atoms with Crippen LogP contribution in [-0.4, -0.2) is 42.1 Å². The quantitative estimate of drug-likeness (QED) is 0.699. The second-order valence-electron chi connectivity index (χ2n) is 7.41. The normalized spacial score (nSPS) is 19.2. The summed E-state index contributed by atoms with van der Waals surface area (Å²) in [7, 11) is 0. The van der Waals surface area contributed by atoms with E-state index in [9.17, 15) is 4.79 Å². The fourth-order valence-corrected chi connectivity index (χ4v) is 5.14. The molecular formula is C22H23N3O3S. The van der Waals surface area contributed by atoms with Gasteiger partial charge in [0.2, 0.25) is 5.91 Å². The minimum absolute atomic E-state index is 0.0188. The number of rotatable bonds is 4. The highest BCUT2D eigenvalue weighted by molar-refractivity contribution is 7.18. The van der Waals surface area contributed by atoms with Crippen molar-refractivity contribution in [3.8, 4) is 11.5 Å². The van der Waals surface area contributed by atoms with Crippen molar-refractivity contribution in [2.75, 3.05) is 31.6 Å². The molecule has 2 aliphatic heterocycles. The first-order chi connectivity index (χ1) is 14.3. The number of fused-ring (bicyclic) bond motifs is 2. The number of nitrogens with zero attached hydrogens (tertiary/aromatic N) is 2. The third kappa shape index (κ3) is 3.93. The van der Waals surface area contributed by atoms with Crippen LogP contribution in [0.1, 0.15) is 30.3 Å². The van der Waals surface area contributed by atoms with Crippen LogP contribution >= 0.6 is 11.3 Å². The molecule has 2 aromatic carbocycles. The van der Waals surface area contributed by atoms with E-state index in [1.165, 1.54) is 11.1 Å². The van der Waals surface area contributed by atoms with E-state index in [0.29, 0.717) is 25.5 Å². The van der Waals surface area contributed by atoms with Gasteiger partial charge in [-0.05, 0) is 43.7 Å². The first kappa shape index (κ1) is 18.4. The molecule has 1 atom stereocenters. The molecule has 3 aromatic rings. The van der Waals surface area contributed by atoms with Crippen LogP contribution < -0.4 is 14.8 Å². The maximum atomic E-state index is 12.8. The van der Waals surface area contributed by atoms with Crippen molar-refractivity contribution >= 4 is 33.1 Å². The standard InChI is InChI=1S/C22H23N3O3S/c26-21(23-15-8-9-18-19(13-15)28-12-11-27-18)14-25-10-4-3-6-17(25)22-24-16-5-1-2-7-20(16)29-22/h1-2,5,7-9,13,17H,3-4,6,10-12,14H2,(H,23,26)/t17-/m0/s1. The number of carbonyl (C=O) groups excluding carboxylic acids is 1. The SMILES string of the molecule is O=C(CN1CCCC[C@H]1c1nc2ccccc2s1)Nc1ccc2c(c1)OCCO2. The van der Waals surface area contributed by atoms with Crippen molar-refractivity contribution in [2.24, 2.45) is 0 Å². The Kier molecular flexibility index (Phi) is 5.08. The summed E-state index contributed by atoms with van der Waals surface area (Å²) in [5.74, 6) is 1.38. The van der Waals surface area contributed by atoms with Gasteiger partial charge in [0.05, 0.1) is 22.8 Å². The fourth-order valence-electron chi connectivity index (χ4n) is 4.00. The van der Waals surface area contributed by atoms with Crippen molar-refractivity contribution in [3.63, 3.8) is 0 Å². The van der Waals surface area contributed by atoms with Gasteiger partial charge in [0.15, 0.2) is 11.5 Å². The van der Waals surface area contributed by atoms with E-state index in [2.05, 4.69) is 22.3 Å². The van der Waals surface area contributed by atoms with E-state index < -0.39 is 0 Å². The van der Waals surface area contributed by atoms with Gasteiger partial charge in [-0.15, -0.1) is 11.3 Å². The van der Waals surface area contributed by atoms with E-state index in [0.717, 1.165) is 41.3 Å². The minimum Gasteiger partial charge on any atom is -0.486 e. The zero-order valence-corrected chi connectivity index (χ0v) is 16.9. The Hall–Kier alpha value is -2.64. The summed E-state index contributed by atoms with van der Waals surface area (Å²) in [5.41, 5.74) is 1.77. The third-order valence-corrected chi connectivity index (χ3v) is 6.52. The molecule has 3 heterocycles. The average molecular weight is 410 g/mol. The molecule has 0 radical (unpaired) electrons. The molecule has 0 unspecified atom stereocenters. The molecule has 0 saturated carbocycles. The Balaban J connectivity index is 1.29. The van der Waals surface area contributed by atoms with Crippen LogP contribution in [0.4, 0.5) is 5.69 Å². The first-order valence-electron chi connectivity index (χ1n) is 10.1. The van der Waals surface area contributed by atoms with Gasteiger partial charge >= 0.3 is 0 Å².